The number of halogens is 1. The first-order chi connectivity index (χ1) is 7.63. The Morgan fingerprint density at radius 2 is 2.06 bits per heavy atom. The van der Waals surface area contributed by atoms with Crippen LogP contribution >= 0.6 is 22.6 Å². The third-order valence-electron chi connectivity index (χ3n) is 2.01. The molecule has 86 valence electrons. The van der Waals surface area contributed by atoms with E-state index in [0.29, 0.717) is 12.2 Å². The number of ether oxygens (including phenoxy) is 1. The zero-order valence-corrected chi connectivity index (χ0v) is 11.2. The quantitative estimate of drug-likeness (QED) is 0.473. The van der Waals surface area contributed by atoms with Crippen molar-refractivity contribution in [3.8, 4) is 0 Å². The molecule has 0 aliphatic rings. The van der Waals surface area contributed by atoms with E-state index >= 15 is 0 Å². The lowest BCUT2D eigenvalue weighted by molar-refractivity contribution is -0.143. The topological polar surface area (TPSA) is 43.4 Å². The predicted octanol–water partition coefficient (Wildman–Crippen LogP) is 2.82. The van der Waals surface area contributed by atoms with Gasteiger partial charge < -0.3 is 4.74 Å². The van der Waals surface area contributed by atoms with Crippen LogP contribution in [0.15, 0.2) is 24.3 Å². The van der Waals surface area contributed by atoms with Gasteiger partial charge in [-0.25, -0.2) is 0 Å². The van der Waals surface area contributed by atoms with Crippen LogP contribution in [-0.2, 0) is 9.53 Å². The van der Waals surface area contributed by atoms with Crippen LogP contribution < -0.4 is 0 Å². The van der Waals surface area contributed by atoms with Crippen molar-refractivity contribution < 1.29 is 14.3 Å². The van der Waals surface area contributed by atoms with Crippen molar-refractivity contribution in [1.82, 2.24) is 0 Å². The van der Waals surface area contributed by atoms with Gasteiger partial charge in [-0.05, 0) is 41.6 Å². The summed E-state index contributed by atoms with van der Waals surface area (Å²) in [6.07, 6.45) is 0.358. The largest absolute Gasteiger partial charge is 0.466 e. The minimum absolute atomic E-state index is 0.0217. The second-order valence-electron chi connectivity index (χ2n) is 3.24. The Bertz CT molecular complexity index is 388. The van der Waals surface area contributed by atoms with E-state index in [4.69, 9.17) is 4.74 Å². The highest BCUT2D eigenvalue weighted by Gasteiger charge is 2.09. The molecule has 0 atom stereocenters. The minimum atomic E-state index is -0.318. The fourth-order valence-electron chi connectivity index (χ4n) is 1.26. The number of carbonyl (C=O) groups excluding carboxylic acids is 2. The Kier molecular flexibility index (Phi) is 5.45. The molecule has 0 N–H and O–H groups in total. The first-order valence-electron chi connectivity index (χ1n) is 5.08. The maximum absolute atomic E-state index is 11.7. The number of rotatable bonds is 5. The molecule has 0 aromatic heterocycles. The molecule has 3 nitrogen and oxygen atoms in total. The summed E-state index contributed by atoms with van der Waals surface area (Å²) in [5.74, 6) is -0.340. The molecule has 0 aliphatic heterocycles. The molecule has 0 fully saturated rings. The van der Waals surface area contributed by atoms with E-state index in [9.17, 15) is 9.59 Å². The van der Waals surface area contributed by atoms with Crippen LogP contribution in [0, 0.1) is 3.57 Å². The van der Waals surface area contributed by atoms with E-state index in [1.165, 1.54) is 0 Å². The van der Waals surface area contributed by atoms with Crippen LogP contribution in [0.4, 0.5) is 0 Å². The second kappa shape index (κ2) is 6.62. The van der Waals surface area contributed by atoms with Gasteiger partial charge in [-0.3, -0.25) is 9.59 Å². The van der Waals surface area contributed by atoms with Crippen molar-refractivity contribution in [2.75, 3.05) is 6.61 Å². The minimum Gasteiger partial charge on any atom is -0.466 e. The number of hydrogen-bond donors (Lipinski definition) is 0. The van der Waals surface area contributed by atoms with Crippen LogP contribution in [0.25, 0.3) is 0 Å². The highest BCUT2D eigenvalue weighted by Crippen LogP contribution is 2.11. The third kappa shape index (κ3) is 4.30. The van der Waals surface area contributed by atoms with E-state index in [1.807, 2.05) is 18.2 Å². The monoisotopic (exact) mass is 332 g/mol. The van der Waals surface area contributed by atoms with Gasteiger partial charge in [-0.1, -0.05) is 12.1 Å². The van der Waals surface area contributed by atoms with Crippen molar-refractivity contribution in [3.63, 3.8) is 0 Å². The van der Waals surface area contributed by atoms with Crippen LogP contribution in [-0.4, -0.2) is 18.4 Å². The van der Waals surface area contributed by atoms with Crippen LogP contribution in [0.1, 0.15) is 30.1 Å². The average Bonchev–Trinajstić information content (AvgIpc) is 2.26. The fraction of sp³-hybridized carbons (Fsp3) is 0.333. The van der Waals surface area contributed by atoms with Crippen molar-refractivity contribution >= 4 is 34.3 Å². The normalized spacial score (nSPS) is 9.88. The Hall–Kier alpha value is -0.910. The number of benzene rings is 1. The van der Waals surface area contributed by atoms with Gasteiger partial charge in [0.15, 0.2) is 5.78 Å². The zero-order chi connectivity index (χ0) is 12.0. The number of carbonyl (C=O) groups is 2. The Morgan fingerprint density at radius 1 is 1.31 bits per heavy atom. The van der Waals surface area contributed by atoms with Crippen LogP contribution in [0.2, 0.25) is 0 Å². The molecule has 16 heavy (non-hydrogen) atoms. The summed E-state index contributed by atoms with van der Waals surface area (Å²) < 4.78 is 5.77. The summed E-state index contributed by atoms with van der Waals surface area (Å²) in [6, 6.07) is 7.33. The van der Waals surface area contributed by atoms with Gasteiger partial charge in [0, 0.05) is 15.6 Å². The van der Waals surface area contributed by atoms with Gasteiger partial charge >= 0.3 is 5.97 Å². The first kappa shape index (κ1) is 13.2. The lowest BCUT2D eigenvalue weighted by atomic mass is 10.1. The van der Waals surface area contributed by atoms with E-state index in [1.54, 1.807) is 13.0 Å². The summed E-state index contributed by atoms with van der Waals surface area (Å²) in [4.78, 5) is 22.8. The Morgan fingerprint density at radius 3 is 2.69 bits per heavy atom. The molecular weight excluding hydrogens is 319 g/mol. The van der Waals surface area contributed by atoms with Gasteiger partial charge in [-0.2, -0.15) is 0 Å². The van der Waals surface area contributed by atoms with E-state index < -0.39 is 0 Å². The maximum atomic E-state index is 11.7. The summed E-state index contributed by atoms with van der Waals surface area (Å²) in [5, 5.41) is 0. The summed E-state index contributed by atoms with van der Waals surface area (Å²) >= 11 is 2.15. The molecule has 0 spiro atoms. The molecule has 0 unspecified atom stereocenters. The van der Waals surface area contributed by atoms with Gasteiger partial charge in [0.25, 0.3) is 0 Å². The van der Waals surface area contributed by atoms with E-state index in [2.05, 4.69) is 22.6 Å². The van der Waals surface area contributed by atoms with Crippen molar-refractivity contribution in [3.05, 3.63) is 33.4 Å². The maximum Gasteiger partial charge on any atom is 0.306 e. The van der Waals surface area contributed by atoms with Crippen molar-refractivity contribution in [2.45, 2.75) is 19.8 Å². The van der Waals surface area contributed by atoms with Crippen LogP contribution in [0.3, 0.4) is 0 Å². The summed E-state index contributed by atoms with van der Waals surface area (Å²) in [7, 11) is 0. The molecule has 0 heterocycles. The zero-order valence-electron chi connectivity index (χ0n) is 9.03. The standard InChI is InChI=1S/C12H13IO3/c1-2-16-12(15)7-6-11(14)9-4-3-5-10(13)8-9/h3-5,8H,2,6-7H2,1H3. The van der Waals surface area contributed by atoms with Gasteiger partial charge in [-0.15, -0.1) is 0 Å². The molecular formula is C12H13IO3. The van der Waals surface area contributed by atoms with E-state index in [-0.39, 0.29) is 24.6 Å². The number of hydrogen-bond acceptors (Lipinski definition) is 3. The molecule has 0 radical (unpaired) electrons. The average molecular weight is 332 g/mol. The first-order valence-corrected chi connectivity index (χ1v) is 6.15. The van der Waals surface area contributed by atoms with Crippen LogP contribution in [0.5, 0.6) is 0 Å². The Labute approximate surface area is 108 Å². The highest BCUT2D eigenvalue weighted by molar-refractivity contribution is 14.1. The summed E-state index contributed by atoms with van der Waals surface area (Å²) in [5.41, 5.74) is 0.649. The lowest BCUT2D eigenvalue weighted by Gasteiger charge is -2.02. The highest BCUT2D eigenvalue weighted by atomic mass is 127. The van der Waals surface area contributed by atoms with Gasteiger partial charge in [0.05, 0.1) is 13.0 Å². The SMILES string of the molecule is CCOC(=O)CCC(=O)c1cccc(I)c1. The fourth-order valence-corrected chi connectivity index (χ4v) is 1.80. The second-order valence-corrected chi connectivity index (χ2v) is 4.48. The Balaban J connectivity index is 2.50. The number of Topliss-reactive ketones (excluding diaryl/α,β-unsaturated/α-hetero) is 1. The third-order valence-corrected chi connectivity index (χ3v) is 2.68. The molecule has 0 amide bonds. The van der Waals surface area contributed by atoms with Gasteiger partial charge in [0.2, 0.25) is 0 Å². The molecule has 1 aromatic carbocycles. The molecule has 0 saturated carbocycles. The van der Waals surface area contributed by atoms with E-state index in [0.717, 1.165) is 3.57 Å². The molecule has 0 saturated heterocycles. The molecule has 0 bridgehead atoms. The number of esters is 1. The summed E-state index contributed by atoms with van der Waals surface area (Å²) in [6.45, 7) is 2.11. The molecule has 4 heteroatoms. The molecule has 0 aliphatic carbocycles. The smallest absolute Gasteiger partial charge is 0.306 e. The van der Waals surface area contributed by atoms with Gasteiger partial charge in [0.1, 0.15) is 0 Å². The molecule has 1 rings (SSSR count). The van der Waals surface area contributed by atoms with Crippen molar-refractivity contribution in [1.29, 1.82) is 0 Å². The predicted molar refractivity (Wildman–Crippen MR) is 69.4 cm³/mol. The molecule has 1 aromatic rings. The lowest BCUT2D eigenvalue weighted by Crippen LogP contribution is -2.08. The van der Waals surface area contributed by atoms with Crippen molar-refractivity contribution in [2.24, 2.45) is 0 Å². The number of ketones is 1.